The van der Waals surface area contributed by atoms with Crippen LogP contribution in [0.2, 0.25) is 0 Å². The van der Waals surface area contributed by atoms with E-state index in [4.69, 9.17) is 0 Å². The minimum absolute atomic E-state index is 0.182. The van der Waals surface area contributed by atoms with Gasteiger partial charge in [0, 0.05) is 37.7 Å². The predicted octanol–water partition coefficient (Wildman–Crippen LogP) is 4.96. The van der Waals surface area contributed by atoms with E-state index in [0.717, 1.165) is 22.5 Å². The van der Waals surface area contributed by atoms with E-state index in [1.54, 1.807) is 0 Å². The van der Waals surface area contributed by atoms with Crippen LogP contribution in [0.3, 0.4) is 0 Å². The average molecular weight is 432 g/mol. The van der Waals surface area contributed by atoms with Crippen LogP contribution in [0.4, 0.5) is 26.7 Å². The van der Waals surface area contributed by atoms with Crippen molar-refractivity contribution in [2.75, 3.05) is 29.6 Å². The maximum Gasteiger partial charge on any atom is 0.323 e. The number of amides is 4. The molecule has 4 amide bonds. The van der Waals surface area contributed by atoms with Gasteiger partial charge in [-0.15, -0.1) is 0 Å². The second-order valence-electron chi connectivity index (χ2n) is 7.68. The van der Waals surface area contributed by atoms with Crippen LogP contribution in [0.1, 0.15) is 24.1 Å². The Morgan fingerprint density at radius 2 is 1.38 bits per heavy atom. The van der Waals surface area contributed by atoms with E-state index in [1.807, 2.05) is 105 Å². The number of nitrogens with one attached hydrogen (secondary N) is 4. The van der Waals surface area contributed by atoms with Crippen molar-refractivity contribution in [2.24, 2.45) is 0 Å². The number of carbonyl (C=O) groups excluding carboxylic acids is 2. The Bertz CT molecular complexity index is 1020. The average Bonchev–Trinajstić information content (AvgIpc) is 2.79. The van der Waals surface area contributed by atoms with Crippen molar-refractivity contribution in [2.45, 2.75) is 19.5 Å². The van der Waals surface area contributed by atoms with Crippen LogP contribution in [0, 0.1) is 0 Å². The minimum atomic E-state index is -0.312. The zero-order valence-electron chi connectivity index (χ0n) is 18.6. The van der Waals surface area contributed by atoms with Crippen LogP contribution in [0.25, 0.3) is 0 Å². The van der Waals surface area contributed by atoms with E-state index in [2.05, 4.69) is 21.3 Å². The summed E-state index contributed by atoms with van der Waals surface area (Å²) in [5.74, 6) is 0. The third-order valence-electron chi connectivity index (χ3n) is 4.95. The number of urea groups is 2. The Balaban J connectivity index is 1.45. The molecule has 0 saturated heterocycles. The molecule has 0 aromatic heterocycles. The summed E-state index contributed by atoms with van der Waals surface area (Å²) in [7, 11) is 3.98. The van der Waals surface area contributed by atoms with Gasteiger partial charge in [0.25, 0.3) is 0 Å². The van der Waals surface area contributed by atoms with Gasteiger partial charge in [0.05, 0.1) is 6.04 Å². The smallest absolute Gasteiger partial charge is 0.323 e. The van der Waals surface area contributed by atoms with Crippen molar-refractivity contribution in [1.29, 1.82) is 0 Å². The third kappa shape index (κ3) is 6.77. The number of carbonyl (C=O) groups is 2. The van der Waals surface area contributed by atoms with Crippen molar-refractivity contribution in [3.8, 4) is 0 Å². The number of nitrogens with zero attached hydrogens (tertiary/aromatic N) is 1. The summed E-state index contributed by atoms with van der Waals surface area (Å²) in [4.78, 5) is 26.4. The topological polar surface area (TPSA) is 85.5 Å². The second kappa shape index (κ2) is 10.9. The summed E-state index contributed by atoms with van der Waals surface area (Å²) >= 11 is 0. The summed E-state index contributed by atoms with van der Waals surface area (Å²) in [6.07, 6.45) is 0. The standard InChI is InChI=1S/C25H29N5O2/c1-18(27-24(31)26-17-19-9-15-23(16-10-19)30(2)3)20-11-13-22(14-12-20)29-25(32)28-21-7-5-4-6-8-21/h4-16,18H,17H2,1-3H3,(H2,26,27,31)(H2,28,29,32)/t18-/m1/s1. The first-order valence-corrected chi connectivity index (χ1v) is 10.4. The predicted molar refractivity (Wildman–Crippen MR) is 130 cm³/mol. The van der Waals surface area contributed by atoms with Gasteiger partial charge in [0.2, 0.25) is 0 Å². The summed E-state index contributed by atoms with van der Waals surface area (Å²) in [5, 5.41) is 11.4. The normalized spacial score (nSPS) is 11.2. The zero-order valence-corrected chi connectivity index (χ0v) is 18.6. The highest BCUT2D eigenvalue weighted by Gasteiger charge is 2.10. The Hall–Kier alpha value is -4.00. The molecule has 7 heteroatoms. The fraction of sp³-hybridized carbons (Fsp3) is 0.200. The lowest BCUT2D eigenvalue weighted by molar-refractivity contribution is 0.237. The van der Waals surface area contributed by atoms with E-state index in [-0.39, 0.29) is 18.1 Å². The van der Waals surface area contributed by atoms with E-state index in [9.17, 15) is 9.59 Å². The molecule has 0 saturated carbocycles. The van der Waals surface area contributed by atoms with E-state index in [1.165, 1.54) is 0 Å². The van der Waals surface area contributed by atoms with Crippen LogP contribution in [-0.4, -0.2) is 26.2 Å². The molecule has 0 heterocycles. The van der Waals surface area contributed by atoms with Gasteiger partial charge in [-0.2, -0.15) is 0 Å². The summed E-state index contributed by atoms with van der Waals surface area (Å²) in [6.45, 7) is 2.36. The molecule has 7 nitrogen and oxygen atoms in total. The van der Waals surface area contributed by atoms with Crippen molar-refractivity contribution in [1.82, 2.24) is 10.6 Å². The number of hydrogen-bond donors (Lipinski definition) is 4. The van der Waals surface area contributed by atoms with Crippen LogP contribution in [0.15, 0.2) is 78.9 Å². The molecule has 0 aliphatic carbocycles. The largest absolute Gasteiger partial charge is 0.378 e. The Kier molecular flexibility index (Phi) is 7.70. The first kappa shape index (κ1) is 22.7. The fourth-order valence-electron chi connectivity index (χ4n) is 3.10. The summed E-state index contributed by atoms with van der Waals surface area (Å²) in [6, 6.07) is 23.9. The lowest BCUT2D eigenvalue weighted by atomic mass is 10.1. The monoisotopic (exact) mass is 431 g/mol. The van der Waals surface area contributed by atoms with Crippen LogP contribution >= 0.6 is 0 Å². The summed E-state index contributed by atoms with van der Waals surface area (Å²) in [5.41, 5.74) is 4.47. The van der Waals surface area contributed by atoms with Gasteiger partial charge in [-0.3, -0.25) is 0 Å². The van der Waals surface area contributed by atoms with E-state index in [0.29, 0.717) is 12.2 Å². The SMILES string of the molecule is C[C@@H](NC(=O)NCc1ccc(N(C)C)cc1)c1ccc(NC(=O)Nc2ccccc2)cc1. The molecule has 4 N–H and O–H groups in total. The van der Waals surface area contributed by atoms with Gasteiger partial charge in [-0.1, -0.05) is 42.5 Å². The highest BCUT2D eigenvalue weighted by molar-refractivity contribution is 5.99. The fourth-order valence-corrected chi connectivity index (χ4v) is 3.10. The molecule has 1 atom stereocenters. The molecule has 0 bridgehead atoms. The molecular formula is C25H29N5O2. The Labute approximate surface area is 188 Å². The maximum absolute atomic E-state index is 12.3. The van der Waals surface area contributed by atoms with Gasteiger partial charge in [0.1, 0.15) is 0 Å². The van der Waals surface area contributed by atoms with Crippen molar-refractivity contribution in [3.05, 3.63) is 90.0 Å². The first-order valence-electron chi connectivity index (χ1n) is 10.4. The van der Waals surface area contributed by atoms with Crippen LogP contribution in [-0.2, 0) is 6.54 Å². The highest BCUT2D eigenvalue weighted by Crippen LogP contribution is 2.17. The molecule has 166 valence electrons. The molecule has 0 fully saturated rings. The molecule has 32 heavy (non-hydrogen) atoms. The molecule has 3 aromatic rings. The number of para-hydroxylation sites is 1. The highest BCUT2D eigenvalue weighted by atomic mass is 16.2. The van der Waals surface area contributed by atoms with Crippen LogP contribution in [0.5, 0.6) is 0 Å². The molecule has 0 spiro atoms. The number of benzene rings is 3. The van der Waals surface area contributed by atoms with Crippen molar-refractivity contribution < 1.29 is 9.59 Å². The second-order valence-corrected chi connectivity index (χ2v) is 7.68. The number of anilines is 3. The zero-order chi connectivity index (χ0) is 22.9. The molecular weight excluding hydrogens is 402 g/mol. The molecule has 0 aliphatic rings. The van der Waals surface area contributed by atoms with Crippen molar-refractivity contribution in [3.63, 3.8) is 0 Å². The molecule has 0 aliphatic heterocycles. The van der Waals surface area contributed by atoms with Gasteiger partial charge in [-0.25, -0.2) is 9.59 Å². The lowest BCUT2D eigenvalue weighted by Crippen LogP contribution is -2.36. The van der Waals surface area contributed by atoms with Gasteiger partial charge in [0.15, 0.2) is 0 Å². The van der Waals surface area contributed by atoms with Gasteiger partial charge < -0.3 is 26.2 Å². The van der Waals surface area contributed by atoms with E-state index >= 15 is 0 Å². The maximum atomic E-state index is 12.3. The van der Waals surface area contributed by atoms with Gasteiger partial charge >= 0.3 is 12.1 Å². The summed E-state index contributed by atoms with van der Waals surface area (Å²) < 4.78 is 0. The molecule has 0 radical (unpaired) electrons. The third-order valence-corrected chi connectivity index (χ3v) is 4.95. The van der Waals surface area contributed by atoms with E-state index < -0.39 is 0 Å². The quantitative estimate of drug-likeness (QED) is 0.427. The van der Waals surface area contributed by atoms with Gasteiger partial charge in [-0.05, 0) is 54.4 Å². The minimum Gasteiger partial charge on any atom is -0.378 e. The Morgan fingerprint density at radius 1 is 0.781 bits per heavy atom. The first-order chi connectivity index (χ1) is 15.4. The Morgan fingerprint density at radius 3 is 1.97 bits per heavy atom. The number of rotatable bonds is 7. The molecule has 3 aromatic carbocycles. The molecule has 3 rings (SSSR count). The lowest BCUT2D eigenvalue weighted by Gasteiger charge is -2.16. The van der Waals surface area contributed by atoms with Crippen LogP contribution < -0.4 is 26.2 Å². The number of hydrogen-bond acceptors (Lipinski definition) is 3. The molecule has 0 unspecified atom stereocenters. The van der Waals surface area contributed by atoms with Crippen molar-refractivity contribution >= 4 is 29.1 Å².